The van der Waals surface area contributed by atoms with Gasteiger partial charge in [0.2, 0.25) is 5.91 Å². The number of amides is 2. The van der Waals surface area contributed by atoms with Crippen LogP contribution in [0.2, 0.25) is 0 Å². The molecule has 0 unspecified atom stereocenters. The molecule has 1 N–H and O–H groups in total. The molecule has 1 saturated heterocycles. The number of rotatable bonds is 5. The van der Waals surface area contributed by atoms with Crippen LogP contribution in [0.25, 0.3) is 0 Å². The van der Waals surface area contributed by atoms with E-state index in [2.05, 4.69) is 32.2 Å². The largest absolute Gasteiger partial charge is 0.378 e. The number of carbonyl (C=O) groups excluding carboxylic acids is 2. The number of likely N-dealkylation sites (tertiary alicyclic amines) is 1. The lowest BCUT2D eigenvalue weighted by Crippen LogP contribution is -2.46. The van der Waals surface area contributed by atoms with Gasteiger partial charge in [-0.25, -0.2) is 4.39 Å². The van der Waals surface area contributed by atoms with Crippen molar-refractivity contribution in [1.82, 2.24) is 4.90 Å². The Morgan fingerprint density at radius 3 is 2.32 bits per heavy atom. The molecule has 0 radical (unpaired) electrons. The predicted molar refractivity (Wildman–Crippen MR) is 152 cm³/mol. The Balaban J connectivity index is 1.72. The van der Waals surface area contributed by atoms with E-state index in [1.54, 1.807) is 24.0 Å². The molecule has 4 rings (SSSR count). The van der Waals surface area contributed by atoms with Crippen molar-refractivity contribution >= 4 is 23.2 Å². The second kappa shape index (κ2) is 11.0. The minimum Gasteiger partial charge on any atom is -0.378 e. The fourth-order valence-electron chi connectivity index (χ4n) is 5.22. The quantitative estimate of drug-likeness (QED) is 0.410. The molecule has 1 fully saturated rings. The van der Waals surface area contributed by atoms with Gasteiger partial charge in [-0.1, -0.05) is 57.2 Å². The molecular formula is C32H38FN3O2. The van der Waals surface area contributed by atoms with Crippen molar-refractivity contribution in [3.05, 3.63) is 94.8 Å². The van der Waals surface area contributed by atoms with E-state index in [9.17, 15) is 14.0 Å². The zero-order chi connectivity index (χ0) is 27.6. The Morgan fingerprint density at radius 1 is 1.00 bits per heavy atom. The van der Waals surface area contributed by atoms with E-state index in [1.165, 1.54) is 6.07 Å². The Labute approximate surface area is 225 Å². The SMILES string of the molecule is Cc1cccc(F)c1C(=O)N1CCC[C@H](C(=O)Nc2cccc(C(C)(C)C)c2)[C@@H]1c1ccc(N(C)C)cc1. The lowest BCUT2D eigenvalue weighted by Gasteiger charge is -2.41. The minimum atomic E-state index is -0.540. The first-order valence-electron chi connectivity index (χ1n) is 13.2. The maximum Gasteiger partial charge on any atom is 0.257 e. The van der Waals surface area contributed by atoms with E-state index in [4.69, 9.17) is 0 Å². The topological polar surface area (TPSA) is 52.7 Å². The number of hydrogen-bond donors (Lipinski definition) is 1. The molecule has 2 atom stereocenters. The lowest BCUT2D eigenvalue weighted by molar-refractivity contribution is -0.123. The van der Waals surface area contributed by atoms with E-state index in [0.717, 1.165) is 22.5 Å². The Kier molecular flexibility index (Phi) is 7.91. The summed E-state index contributed by atoms with van der Waals surface area (Å²) in [6.45, 7) is 8.60. The van der Waals surface area contributed by atoms with Gasteiger partial charge in [-0.2, -0.15) is 0 Å². The van der Waals surface area contributed by atoms with Gasteiger partial charge < -0.3 is 15.1 Å². The number of hydrogen-bond acceptors (Lipinski definition) is 3. The molecule has 200 valence electrons. The molecule has 6 heteroatoms. The van der Waals surface area contributed by atoms with Gasteiger partial charge in [-0.05, 0) is 72.2 Å². The summed E-state index contributed by atoms with van der Waals surface area (Å²) in [5, 5.41) is 3.12. The molecule has 2 amide bonds. The van der Waals surface area contributed by atoms with Crippen LogP contribution in [-0.4, -0.2) is 37.4 Å². The van der Waals surface area contributed by atoms with E-state index >= 15 is 0 Å². The second-order valence-electron chi connectivity index (χ2n) is 11.4. The number of halogens is 1. The van der Waals surface area contributed by atoms with Crippen LogP contribution in [0.5, 0.6) is 0 Å². The molecule has 0 aliphatic carbocycles. The fourth-order valence-corrected chi connectivity index (χ4v) is 5.22. The van der Waals surface area contributed by atoms with Gasteiger partial charge in [0, 0.05) is 32.0 Å². The third kappa shape index (κ3) is 5.74. The highest BCUT2D eigenvalue weighted by molar-refractivity contribution is 5.98. The summed E-state index contributed by atoms with van der Waals surface area (Å²) in [6.07, 6.45) is 1.29. The van der Waals surface area contributed by atoms with Crippen molar-refractivity contribution in [3.63, 3.8) is 0 Å². The summed E-state index contributed by atoms with van der Waals surface area (Å²) in [5.74, 6) is -1.54. The summed E-state index contributed by atoms with van der Waals surface area (Å²) in [4.78, 5) is 31.3. The van der Waals surface area contributed by atoms with E-state index in [0.29, 0.717) is 24.9 Å². The molecule has 1 heterocycles. The fraction of sp³-hybridized carbons (Fsp3) is 0.375. The summed E-state index contributed by atoms with van der Waals surface area (Å²) in [7, 11) is 3.93. The number of nitrogens with zero attached hydrogens (tertiary/aromatic N) is 2. The number of anilines is 2. The molecule has 38 heavy (non-hydrogen) atoms. The Hall–Kier alpha value is -3.67. The van der Waals surface area contributed by atoms with Gasteiger partial charge in [-0.15, -0.1) is 0 Å². The zero-order valence-electron chi connectivity index (χ0n) is 23.2. The maximum absolute atomic E-state index is 14.9. The predicted octanol–water partition coefficient (Wildman–Crippen LogP) is 6.73. The highest BCUT2D eigenvalue weighted by Gasteiger charge is 2.40. The van der Waals surface area contributed by atoms with Gasteiger partial charge in [-0.3, -0.25) is 9.59 Å². The molecular weight excluding hydrogens is 477 g/mol. The normalized spacial score (nSPS) is 17.7. The van der Waals surface area contributed by atoms with Crippen molar-refractivity contribution < 1.29 is 14.0 Å². The molecule has 0 saturated carbocycles. The minimum absolute atomic E-state index is 0.0524. The highest BCUT2D eigenvalue weighted by atomic mass is 19.1. The first-order valence-corrected chi connectivity index (χ1v) is 13.2. The molecule has 5 nitrogen and oxygen atoms in total. The van der Waals surface area contributed by atoms with Crippen molar-refractivity contribution in [3.8, 4) is 0 Å². The van der Waals surface area contributed by atoms with Crippen LogP contribution in [0.1, 0.15) is 66.7 Å². The molecule has 1 aliphatic heterocycles. The van der Waals surface area contributed by atoms with E-state index < -0.39 is 17.8 Å². The number of carbonyl (C=O) groups is 2. The third-order valence-corrected chi connectivity index (χ3v) is 7.41. The maximum atomic E-state index is 14.9. The average Bonchev–Trinajstić information content (AvgIpc) is 2.87. The van der Waals surface area contributed by atoms with E-state index in [-0.39, 0.29) is 22.8 Å². The Morgan fingerprint density at radius 2 is 1.68 bits per heavy atom. The molecule has 0 spiro atoms. The van der Waals surface area contributed by atoms with Crippen LogP contribution >= 0.6 is 0 Å². The molecule has 1 aliphatic rings. The molecule has 0 bridgehead atoms. The van der Waals surface area contributed by atoms with Crippen LogP contribution < -0.4 is 10.2 Å². The zero-order valence-corrected chi connectivity index (χ0v) is 23.2. The summed E-state index contributed by atoms with van der Waals surface area (Å²) >= 11 is 0. The monoisotopic (exact) mass is 515 g/mol. The number of nitrogens with one attached hydrogen (secondary N) is 1. The van der Waals surface area contributed by atoms with Crippen molar-refractivity contribution in [2.45, 2.75) is 52.0 Å². The van der Waals surface area contributed by atoms with Crippen molar-refractivity contribution in [2.24, 2.45) is 5.92 Å². The number of piperidine rings is 1. The molecule has 0 aromatic heterocycles. The molecule has 3 aromatic carbocycles. The summed E-state index contributed by atoms with van der Waals surface area (Å²) in [6, 6.07) is 20.0. The highest BCUT2D eigenvalue weighted by Crippen LogP contribution is 2.39. The Bertz CT molecular complexity index is 1290. The lowest BCUT2D eigenvalue weighted by atomic mass is 9.83. The summed E-state index contributed by atoms with van der Waals surface area (Å²) < 4.78 is 14.9. The van der Waals surface area contributed by atoms with Gasteiger partial charge in [0.05, 0.1) is 17.5 Å². The van der Waals surface area contributed by atoms with Gasteiger partial charge >= 0.3 is 0 Å². The standard InChI is InChI=1S/C32H38FN3O2/c1-21-10-7-14-27(33)28(21)31(38)36-19-9-13-26(29(36)22-15-17-25(18-16-22)35(5)6)30(37)34-24-12-8-11-23(20-24)32(2,3)4/h7-8,10-12,14-18,20,26,29H,9,13,19H2,1-6H3,(H,34,37)/t26-,29-/m0/s1. The molecule has 3 aromatic rings. The first-order chi connectivity index (χ1) is 18.0. The van der Waals surface area contributed by atoms with E-state index in [1.807, 2.05) is 61.5 Å². The van der Waals surface area contributed by atoms with Gasteiger partial charge in [0.1, 0.15) is 5.82 Å². The van der Waals surface area contributed by atoms with Crippen molar-refractivity contribution in [1.29, 1.82) is 0 Å². The van der Waals surface area contributed by atoms with Crippen molar-refractivity contribution in [2.75, 3.05) is 30.9 Å². The number of aryl methyl sites for hydroxylation is 1. The first kappa shape index (κ1) is 27.4. The van der Waals surface area contributed by atoms with Crippen LogP contribution in [0.15, 0.2) is 66.7 Å². The summed E-state index contributed by atoms with van der Waals surface area (Å²) in [5.41, 5.74) is 4.35. The van der Waals surface area contributed by atoms with Gasteiger partial charge in [0.15, 0.2) is 0 Å². The smallest absolute Gasteiger partial charge is 0.257 e. The third-order valence-electron chi connectivity index (χ3n) is 7.41. The second-order valence-corrected chi connectivity index (χ2v) is 11.4. The van der Waals surface area contributed by atoms with Gasteiger partial charge in [0.25, 0.3) is 5.91 Å². The number of benzene rings is 3. The van der Waals surface area contributed by atoms with Crippen LogP contribution in [0.3, 0.4) is 0 Å². The van der Waals surface area contributed by atoms with Crippen LogP contribution in [0, 0.1) is 18.7 Å². The van der Waals surface area contributed by atoms with Crippen LogP contribution in [-0.2, 0) is 10.2 Å². The average molecular weight is 516 g/mol. The van der Waals surface area contributed by atoms with Crippen LogP contribution in [0.4, 0.5) is 15.8 Å².